The summed E-state index contributed by atoms with van der Waals surface area (Å²) in [5, 5.41) is 2.98. The fourth-order valence-electron chi connectivity index (χ4n) is 3.24. The molecule has 0 spiro atoms. The van der Waals surface area contributed by atoms with Gasteiger partial charge in [-0.15, -0.1) is 0 Å². The summed E-state index contributed by atoms with van der Waals surface area (Å²) in [6.45, 7) is 10.4. The second kappa shape index (κ2) is 8.53. The molecule has 0 aromatic carbocycles. The van der Waals surface area contributed by atoms with Gasteiger partial charge >= 0.3 is 6.03 Å². The number of ether oxygens (including phenoxy) is 2. The lowest BCUT2D eigenvalue weighted by atomic mass is 10.2. The number of nitrogens with two attached hydrogens (primary N) is 1. The first-order valence-electron chi connectivity index (χ1n) is 9.33. The molecule has 1 aliphatic rings. The molecule has 0 bridgehead atoms. The minimum atomic E-state index is -0.0665. The van der Waals surface area contributed by atoms with Crippen molar-refractivity contribution >= 4 is 22.9 Å². The van der Waals surface area contributed by atoms with Gasteiger partial charge in [0.05, 0.1) is 18.7 Å². The number of pyridine rings is 1. The van der Waals surface area contributed by atoms with Gasteiger partial charge in [-0.25, -0.2) is 14.8 Å². The number of hydrogen-bond donors (Lipinski definition) is 2. The maximum atomic E-state index is 12.3. The third-order valence-corrected chi connectivity index (χ3v) is 4.82. The van der Waals surface area contributed by atoms with E-state index in [-0.39, 0.29) is 6.03 Å². The van der Waals surface area contributed by atoms with Crippen molar-refractivity contribution in [1.29, 1.82) is 0 Å². The number of nitrogen functional groups attached to an aromatic ring is 1. The van der Waals surface area contributed by atoms with E-state index in [1.807, 2.05) is 20.8 Å². The zero-order valence-corrected chi connectivity index (χ0v) is 16.2. The first-order valence-corrected chi connectivity index (χ1v) is 9.33. The SMILES string of the molecule is CCOCc1nc2c(N)nc(C)c(C)c2n1CCNC(=O)N1CCOCC1. The van der Waals surface area contributed by atoms with Crippen LogP contribution in [0.4, 0.5) is 10.6 Å². The smallest absolute Gasteiger partial charge is 0.317 e. The standard InChI is InChI=1S/C18H28N6O3/c1-4-26-11-14-22-15-16(12(2)13(3)21-17(15)19)24(14)6-5-20-18(25)23-7-9-27-10-8-23/h4-11H2,1-3H3,(H2,19,21)(H,20,25). The summed E-state index contributed by atoms with van der Waals surface area (Å²) in [6.07, 6.45) is 0. The van der Waals surface area contributed by atoms with Crippen molar-refractivity contribution in [2.24, 2.45) is 0 Å². The fourth-order valence-corrected chi connectivity index (χ4v) is 3.24. The lowest BCUT2D eigenvalue weighted by molar-refractivity contribution is 0.0532. The third-order valence-electron chi connectivity index (χ3n) is 4.82. The molecule has 148 valence electrons. The molecular formula is C18H28N6O3. The van der Waals surface area contributed by atoms with E-state index in [1.54, 1.807) is 4.90 Å². The van der Waals surface area contributed by atoms with E-state index in [0.29, 0.717) is 63.9 Å². The number of aryl methyl sites for hydroxylation is 2. The van der Waals surface area contributed by atoms with Crippen LogP contribution in [0.5, 0.6) is 0 Å². The van der Waals surface area contributed by atoms with Gasteiger partial charge in [0, 0.05) is 38.5 Å². The molecule has 1 fully saturated rings. The number of anilines is 1. The zero-order valence-electron chi connectivity index (χ0n) is 16.2. The summed E-state index contributed by atoms with van der Waals surface area (Å²) in [7, 11) is 0. The van der Waals surface area contributed by atoms with Crippen LogP contribution in [-0.4, -0.2) is 64.9 Å². The Morgan fingerprint density at radius 3 is 2.74 bits per heavy atom. The van der Waals surface area contributed by atoms with Crippen LogP contribution in [0.15, 0.2) is 0 Å². The van der Waals surface area contributed by atoms with Crippen molar-refractivity contribution in [1.82, 2.24) is 24.8 Å². The molecule has 0 atom stereocenters. The highest BCUT2D eigenvalue weighted by molar-refractivity contribution is 5.88. The Hall–Kier alpha value is -2.39. The van der Waals surface area contributed by atoms with Gasteiger partial charge in [-0.2, -0.15) is 0 Å². The quantitative estimate of drug-likeness (QED) is 0.785. The van der Waals surface area contributed by atoms with Gasteiger partial charge in [0.25, 0.3) is 0 Å². The fraction of sp³-hybridized carbons (Fsp3) is 0.611. The molecule has 9 heteroatoms. The summed E-state index contributed by atoms with van der Waals surface area (Å²) < 4.78 is 12.9. The number of amides is 2. The number of fused-ring (bicyclic) bond motifs is 1. The molecule has 9 nitrogen and oxygen atoms in total. The van der Waals surface area contributed by atoms with Crippen molar-refractivity contribution in [2.75, 3.05) is 45.2 Å². The topological polar surface area (TPSA) is 108 Å². The van der Waals surface area contributed by atoms with Crippen molar-refractivity contribution in [3.8, 4) is 0 Å². The maximum Gasteiger partial charge on any atom is 0.317 e. The van der Waals surface area contributed by atoms with Crippen molar-refractivity contribution in [3.05, 3.63) is 17.1 Å². The Bertz CT molecular complexity index is 813. The number of nitrogens with zero attached hydrogens (tertiary/aromatic N) is 4. The molecule has 2 aromatic heterocycles. The number of hydrogen-bond acceptors (Lipinski definition) is 6. The normalized spacial score (nSPS) is 14.7. The molecule has 27 heavy (non-hydrogen) atoms. The van der Waals surface area contributed by atoms with Crippen LogP contribution >= 0.6 is 0 Å². The molecule has 3 N–H and O–H groups in total. The van der Waals surface area contributed by atoms with E-state index in [0.717, 1.165) is 22.6 Å². The summed E-state index contributed by atoms with van der Waals surface area (Å²) in [5.41, 5.74) is 9.65. The highest BCUT2D eigenvalue weighted by atomic mass is 16.5. The number of aromatic nitrogens is 3. The molecular weight excluding hydrogens is 348 g/mol. The molecule has 0 radical (unpaired) electrons. The molecule has 2 amide bonds. The summed E-state index contributed by atoms with van der Waals surface area (Å²) in [5.74, 6) is 1.21. The second-order valence-electron chi connectivity index (χ2n) is 6.55. The van der Waals surface area contributed by atoms with E-state index in [9.17, 15) is 4.79 Å². The predicted molar refractivity (Wildman–Crippen MR) is 103 cm³/mol. The Labute approximate surface area is 158 Å². The van der Waals surface area contributed by atoms with Gasteiger partial charge in [0.15, 0.2) is 5.82 Å². The predicted octanol–water partition coefficient (Wildman–Crippen LogP) is 1.21. The average Bonchev–Trinajstić information content (AvgIpc) is 3.04. The summed E-state index contributed by atoms with van der Waals surface area (Å²) >= 11 is 0. The molecule has 1 aliphatic heterocycles. The first-order chi connectivity index (χ1) is 13.0. The largest absolute Gasteiger partial charge is 0.382 e. The van der Waals surface area contributed by atoms with Gasteiger partial charge in [-0.05, 0) is 26.3 Å². The first kappa shape index (κ1) is 19.4. The Morgan fingerprint density at radius 1 is 1.30 bits per heavy atom. The Morgan fingerprint density at radius 2 is 2.04 bits per heavy atom. The van der Waals surface area contributed by atoms with E-state index in [4.69, 9.17) is 15.2 Å². The number of carbonyl (C=O) groups excluding carboxylic acids is 1. The van der Waals surface area contributed by atoms with Gasteiger partial charge in [-0.3, -0.25) is 0 Å². The zero-order chi connectivity index (χ0) is 19.4. The van der Waals surface area contributed by atoms with Crippen molar-refractivity contribution in [3.63, 3.8) is 0 Å². The molecule has 0 saturated carbocycles. The molecule has 3 rings (SSSR count). The third kappa shape index (κ3) is 4.14. The van der Waals surface area contributed by atoms with Crippen LogP contribution in [0.25, 0.3) is 11.0 Å². The summed E-state index contributed by atoms with van der Waals surface area (Å²) in [6, 6.07) is -0.0665. The number of morpholine rings is 1. The van der Waals surface area contributed by atoms with E-state index in [1.165, 1.54) is 0 Å². The van der Waals surface area contributed by atoms with Gasteiger partial charge in [0.1, 0.15) is 17.9 Å². The minimum Gasteiger partial charge on any atom is -0.382 e. The molecule has 2 aromatic rings. The number of carbonyl (C=O) groups is 1. The van der Waals surface area contributed by atoms with Gasteiger partial charge < -0.3 is 30.0 Å². The van der Waals surface area contributed by atoms with Gasteiger partial charge in [-0.1, -0.05) is 0 Å². The maximum absolute atomic E-state index is 12.3. The molecule has 1 saturated heterocycles. The number of rotatable bonds is 6. The van der Waals surface area contributed by atoms with Crippen molar-refractivity contribution in [2.45, 2.75) is 33.9 Å². The van der Waals surface area contributed by atoms with Crippen LogP contribution in [0.2, 0.25) is 0 Å². The van der Waals surface area contributed by atoms with Crippen LogP contribution < -0.4 is 11.1 Å². The van der Waals surface area contributed by atoms with Crippen molar-refractivity contribution < 1.29 is 14.3 Å². The average molecular weight is 376 g/mol. The van der Waals surface area contributed by atoms with Crippen LogP contribution in [0.1, 0.15) is 24.0 Å². The minimum absolute atomic E-state index is 0.0665. The van der Waals surface area contributed by atoms with E-state index < -0.39 is 0 Å². The highest BCUT2D eigenvalue weighted by Crippen LogP contribution is 2.26. The van der Waals surface area contributed by atoms with Crippen LogP contribution in [0, 0.1) is 13.8 Å². The highest BCUT2D eigenvalue weighted by Gasteiger charge is 2.19. The Balaban J connectivity index is 1.79. The molecule has 3 heterocycles. The van der Waals surface area contributed by atoms with E-state index in [2.05, 4.69) is 19.9 Å². The lowest BCUT2D eigenvalue weighted by Gasteiger charge is -2.27. The Kier molecular flexibility index (Phi) is 6.12. The second-order valence-corrected chi connectivity index (χ2v) is 6.55. The molecule has 0 unspecified atom stereocenters. The lowest BCUT2D eigenvalue weighted by Crippen LogP contribution is -2.46. The summed E-state index contributed by atoms with van der Waals surface area (Å²) in [4.78, 5) is 23.1. The molecule has 0 aliphatic carbocycles. The van der Waals surface area contributed by atoms with Crippen LogP contribution in [-0.2, 0) is 22.6 Å². The number of imidazole rings is 1. The van der Waals surface area contributed by atoms with Crippen LogP contribution in [0.3, 0.4) is 0 Å². The number of urea groups is 1. The number of nitrogens with one attached hydrogen (secondary N) is 1. The van der Waals surface area contributed by atoms with Gasteiger partial charge in [0.2, 0.25) is 0 Å². The monoisotopic (exact) mass is 376 g/mol. The van der Waals surface area contributed by atoms with E-state index >= 15 is 0 Å².